The normalized spacial score (nSPS) is 20.3. The Kier molecular flexibility index (Phi) is 5.53. The van der Waals surface area contributed by atoms with Crippen molar-refractivity contribution < 1.29 is 18.7 Å². The zero-order valence-corrected chi connectivity index (χ0v) is 15.0. The Labute approximate surface area is 150 Å². The quantitative estimate of drug-likeness (QED) is 0.747. The van der Waals surface area contributed by atoms with Gasteiger partial charge < -0.3 is 13.9 Å². The third kappa shape index (κ3) is 3.92. The topological polar surface area (TPSA) is 87.3 Å². The highest BCUT2D eigenvalue weighted by Crippen LogP contribution is 2.38. The summed E-state index contributed by atoms with van der Waals surface area (Å²) in [6, 6.07) is 1.69. The second-order valence-electron chi connectivity index (χ2n) is 5.97. The van der Waals surface area contributed by atoms with Crippen LogP contribution in [0.25, 0.3) is 11.5 Å². The standard InChI is InChI=1S/C17H20ClN3O4/c1-3-24-15-13(8-12(18)9-19-15)16-21-20-14(25-16)10-5-4-6-11(7-10)17(22)23-2/h8-11H,3-7H2,1-2H3/t10-,11+/m0/s1. The lowest BCUT2D eigenvalue weighted by atomic mass is 9.81. The first-order valence-corrected chi connectivity index (χ1v) is 8.70. The van der Waals surface area contributed by atoms with Gasteiger partial charge in [0.2, 0.25) is 11.8 Å². The molecule has 1 saturated carbocycles. The maximum atomic E-state index is 11.8. The summed E-state index contributed by atoms with van der Waals surface area (Å²) in [5.74, 6) is 0.979. The molecule has 0 aliphatic heterocycles. The fraction of sp³-hybridized carbons (Fsp3) is 0.529. The minimum atomic E-state index is -0.179. The Morgan fingerprint density at radius 2 is 2.24 bits per heavy atom. The van der Waals surface area contributed by atoms with Crippen molar-refractivity contribution in [2.75, 3.05) is 13.7 Å². The van der Waals surface area contributed by atoms with Gasteiger partial charge >= 0.3 is 5.97 Å². The summed E-state index contributed by atoms with van der Waals surface area (Å²) in [7, 11) is 1.41. The fourth-order valence-electron chi connectivity index (χ4n) is 3.13. The molecule has 0 amide bonds. The zero-order chi connectivity index (χ0) is 17.8. The van der Waals surface area contributed by atoms with E-state index in [2.05, 4.69) is 15.2 Å². The van der Waals surface area contributed by atoms with E-state index in [-0.39, 0.29) is 17.8 Å². The number of halogens is 1. The van der Waals surface area contributed by atoms with Gasteiger partial charge in [0.15, 0.2) is 0 Å². The molecule has 1 fully saturated rings. The van der Waals surface area contributed by atoms with Crippen LogP contribution in [-0.4, -0.2) is 34.9 Å². The van der Waals surface area contributed by atoms with Crippen molar-refractivity contribution in [3.8, 4) is 17.3 Å². The highest BCUT2D eigenvalue weighted by atomic mass is 35.5. The molecule has 2 heterocycles. The molecule has 0 unspecified atom stereocenters. The van der Waals surface area contributed by atoms with Crippen molar-refractivity contribution in [3.63, 3.8) is 0 Å². The van der Waals surface area contributed by atoms with Gasteiger partial charge in [0.1, 0.15) is 5.56 Å². The third-order valence-electron chi connectivity index (χ3n) is 4.33. The zero-order valence-electron chi connectivity index (χ0n) is 14.2. The van der Waals surface area contributed by atoms with Gasteiger partial charge in [0.05, 0.1) is 24.7 Å². The molecule has 25 heavy (non-hydrogen) atoms. The SMILES string of the molecule is CCOc1ncc(Cl)cc1-c1nnc([C@H]2CCC[C@@H](C(=O)OC)C2)o1. The maximum absolute atomic E-state index is 11.8. The van der Waals surface area contributed by atoms with Gasteiger partial charge in [0, 0.05) is 12.1 Å². The molecule has 2 aromatic rings. The molecule has 1 aliphatic rings. The van der Waals surface area contributed by atoms with Gasteiger partial charge in [-0.25, -0.2) is 4.98 Å². The summed E-state index contributed by atoms with van der Waals surface area (Å²) >= 11 is 6.03. The summed E-state index contributed by atoms with van der Waals surface area (Å²) in [6.07, 6.45) is 4.82. The van der Waals surface area contributed by atoms with Gasteiger partial charge in [-0.1, -0.05) is 18.0 Å². The van der Waals surface area contributed by atoms with E-state index in [1.54, 1.807) is 6.07 Å². The fourth-order valence-corrected chi connectivity index (χ4v) is 3.29. The number of carbonyl (C=O) groups excluding carboxylic acids is 1. The predicted octanol–water partition coefficient (Wildman–Crippen LogP) is 3.63. The van der Waals surface area contributed by atoms with Crippen molar-refractivity contribution in [2.45, 2.75) is 38.5 Å². The van der Waals surface area contributed by atoms with Gasteiger partial charge in [0.25, 0.3) is 5.89 Å². The molecule has 134 valence electrons. The largest absolute Gasteiger partial charge is 0.477 e. The number of esters is 1. The highest BCUT2D eigenvalue weighted by molar-refractivity contribution is 6.30. The number of methoxy groups -OCH3 is 1. The summed E-state index contributed by atoms with van der Waals surface area (Å²) < 4.78 is 16.2. The number of hydrogen-bond donors (Lipinski definition) is 0. The lowest BCUT2D eigenvalue weighted by Gasteiger charge is -2.24. The predicted molar refractivity (Wildman–Crippen MR) is 90.4 cm³/mol. The highest BCUT2D eigenvalue weighted by Gasteiger charge is 2.32. The third-order valence-corrected chi connectivity index (χ3v) is 4.53. The Bertz CT molecular complexity index is 749. The number of aromatic nitrogens is 3. The van der Waals surface area contributed by atoms with Crippen LogP contribution in [0.2, 0.25) is 5.02 Å². The Hall–Kier alpha value is -2.15. The van der Waals surface area contributed by atoms with Crippen LogP contribution < -0.4 is 4.74 Å². The average molecular weight is 366 g/mol. The van der Waals surface area contributed by atoms with Crippen LogP contribution in [0.3, 0.4) is 0 Å². The molecule has 1 aliphatic carbocycles. The van der Waals surface area contributed by atoms with E-state index in [9.17, 15) is 4.79 Å². The second kappa shape index (κ2) is 7.82. The maximum Gasteiger partial charge on any atom is 0.308 e. The number of rotatable bonds is 5. The van der Waals surface area contributed by atoms with Crippen molar-refractivity contribution in [2.24, 2.45) is 5.92 Å². The van der Waals surface area contributed by atoms with Crippen molar-refractivity contribution >= 4 is 17.6 Å². The van der Waals surface area contributed by atoms with E-state index in [1.807, 2.05) is 6.92 Å². The van der Waals surface area contributed by atoms with E-state index < -0.39 is 0 Å². The van der Waals surface area contributed by atoms with Crippen molar-refractivity contribution in [1.29, 1.82) is 0 Å². The van der Waals surface area contributed by atoms with Crippen LogP contribution in [0.4, 0.5) is 0 Å². The summed E-state index contributed by atoms with van der Waals surface area (Å²) in [6.45, 7) is 2.33. The minimum Gasteiger partial charge on any atom is -0.477 e. The lowest BCUT2D eigenvalue weighted by molar-refractivity contribution is -0.146. The molecule has 7 nitrogen and oxygen atoms in total. The van der Waals surface area contributed by atoms with Gasteiger partial charge in [-0.2, -0.15) is 0 Å². The van der Waals surface area contributed by atoms with Crippen LogP contribution in [0.1, 0.15) is 44.4 Å². The Morgan fingerprint density at radius 3 is 3.00 bits per heavy atom. The monoisotopic (exact) mass is 365 g/mol. The van der Waals surface area contributed by atoms with E-state index >= 15 is 0 Å². The van der Waals surface area contributed by atoms with Crippen molar-refractivity contribution in [1.82, 2.24) is 15.2 Å². The molecule has 2 aromatic heterocycles. The van der Waals surface area contributed by atoms with Crippen LogP contribution in [0.5, 0.6) is 5.88 Å². The van der Waals surface area contributed by atoms with E-state index in [4.69, 9.17) is 25.5 Å². The number of nitrogens with zero attached hydrogens (tertiary/aromatic N) is 3. The summed E-state index contributed by atoms with van der Waals surface area (Å²) in [5, 5.41) is 8.76. The van der Waals surface area contributed by atoms with Crippen LogP contribution in [0.15, 0.2) is 16.7 Å². The first kappa shape index (κ1) is 17.7. The van der Waals surface area contributed by atoms with Gasteiger partial charge in [-0.05, 0) is 32.3 Å². The lowest BCUT2D eigenvalue weighted by Crippen LogP contribution is -2.23. The molecular formula is C17H20ClN3O4. The summed E-state index contributed by atoms with van der Waals surface area (Å²) in [4.78, 5) is 16.0. The molecule has 2 atom stereocenters. The van der Waals surface area contributed by atoms with E-state index in [0.717, 1.165) is 19.3 Å². The molecular weight excluding hydrogens is 346 g/mol. The van der Waals surface area contributed by atoms with Crippen LogP contribution in [-0.2, 0) is 9.53 Å². The molecule has 0 radical (unpaired) electrons. The first-order chi connectivity index (χ1) is 12.1. The van der Waals surface area contributed by atoms with E-state index in [1.165, 1.54) is 13.3 Å². The van der Waals surface area contributed by atoms with Crippen molar-refractivity contribution in [3.05, 3.63) is 23.2 Å². The number of carbonyl (C=O) groups is 1. The van der Waals surface area contributed by atoms with E-state index in [0.29, 0.717) is 41.3 Å². The number of hydrogen-bond acceptors (Lipinski definition) is 7. The minimum absolute atomic E-state index is 0.0433. The Balaban J connectivity index is 1.83. The molecule has 3 rings (SSSR count). The van der Waals surface area contributed by atoms with Crippen LogP contribution in [0, 0.1) is 5.92 Å². The molecule has 0 bridgehead atoms. The molecule has 8 heteroatoms. The molecule has 0 spiro atoms. The average Bonchev–Trinajstić information content (AvgIpc) is 3.13. The molecule has 0 saturated heterocycles. The summed E-state index contributed by atoms with van der Waals surface area (Å²) in [5.41, 5.74) is 0.563. The smallest absolute Gasteiger partial charge is 0.308 e. The second-order valence-corrected chi connectivity index (χ2v) is 6.40. The number of ether oxygens (including phenoxy) is 2. The Morgan fingerprint density at radius 1 is 1.40 bits per heavy atom. The van der Waals surface area contributed by atoms with Gasteiger partial charge in [-0.3, -0.25) is 4.79 Å². The van der Waals surface area contributed by atoms with Crippen LogP contribution >= 0.6 is 11.6 Å². The first-order valence-electron chi connectivity index (χ1n) is 8.32. The molecule has 0 aromatic carbocycles. The molecule has 0 N–H and O–H groups in total. The van der Waals surface area contributed by atoms with Gasteiger partial charge in [-0.15, -0.1) is 10.2 Å². The number of pyridine rings is 1.